The van der Waals surface area contributed by atoms with Crippen molar-refractivity contribution in [3.05, 3.63) is 36.5 Å². The Balaban J connectivity index is 2.18. The largest absolute Gasteiger partial charge is 0.393 e. The molecule has 1 saturated carbocycles. The molecular weight excluding hydrogens is 554 g/mol. The quantitative estimate of drug-likeness (QED) is 0.0990. The number of allylic oxidation sites excluding steroid dienone is 3. The molecular formula is C37H63NO6. The zero-order chi connectivity index (χ0) is 33.2. The van der Waals surface area contributed by atoms with E-state index in [9.17, 15) is 24.9 Å². The average molecular weight is 618 g/mol. The molecule has 10 unspecified atom stereocenters. The molecule has 0 bridgehead atoms. The van der Waals surface area contributed by atoms with Gasteiger partial charge < -0.3 is 25.0 Å². The smallest absolute Gasteiger partial charge is 0.252 e. The maximum absolute atomic E-state index is 14.0. The molecule has 7 heteroatoms. The fourth-order valence-corrected chi connectivity index (χ4v) is 6.99. The normalized spacial score (nSPS) is 27.9. The first-order chi connectivity index (χ1) is 20.6. The van der Waals surface area contributed by atoms with Crippen LogP contribution in [0.25, 0.3) is 0 Å². The first-order valence-electron chi connectivity index (χ1n) is 17.1. The summed E-state index contributed by atoms with van der Waals surface area (Å²) in [7, 11) is 1.61. The summed E-state index contributed by atoms with van der Waals surface area (Å²) < 4.78 is 5.37. The molecule has 1 heterocycles. The van der Waals surface area contributed by atoms with E-state index < -0.39 is 23.7 Å². The van der Waals surface area contributed by atoms with Crippen LogP contribution in [0.4, 0.5) is 0 Å². The van der Waals surface area contributed by atoms with Crippen molar-refractivity contribution in [2.45, 2.75) is 142 Å². The highest BCUT2D eigenvalue weighted by Crippen LogP contribution is 2.35. The molecule has 0 aromatic carbocycles. The third-order valence-corrected chi connectivity index (χ3v) is 11.0. The molecule has 0 aromatic rings. The number of hydrogen-bond donors (Lipinski definition) is 3. The number of rotatable bonds is 17. The lowest BCUT2D eigenvalue weighted by Gasteiger charge is -2.40. The number of likely N-dealkylation sites (tertiary alicyclic amines) is 1. The van der Waals surface area contributed by atoms with Gasteiger partial charge in [0.1, 0.15) is 0 Å². The molecule has 1 amide bonds. The first-order valence-corrected chi connectivity index (χ1v) is 17.1. The van der Waals surface area contributed by atoms with Gasteiger partial charge >= 0.3 is 0 Å². The Kier molecular flexibility index (Phi) is 15.5. The summed E-state index contributed by atoms with van der Waals surface area (Å²) in [6.45, 7) is 19.8. The number of amides is 1. The van der Waals surface area contributed by atoms with Crippen molar-refractivity contribution in [2.75, 3.05) is 13.7 Å². The van der Waals surface area contributed by atoms with Gasteiger partial charge in [-0.05, 0) is 109 Å². The minimum atomic E-state index is -1.55. The average Bonchev–Trinajstić information content (AvgIpc) is 3.00. The summed E-state index contributed by atoms with van der Waals surface area (Å²) in [6, 6.07) is -0.535. The number of ether oxygens (including phenoxy) is 1. The molecule has 0 aromatic heterocycles. The van der Waals surface area contributed by atoms with Gasteiger partial charge in [-0.15, -0.1) is 6.58 Å². The van der Waals surface area contributed by atoms with Gasteiger partial charge in [0.25, 0.3) is 5.91 Å². The lowest BCUT2D eigenvalue weighted by atomic mass is 9.77. The van der Waals surface area contributed by atoms with E-state index in [2.05, 4.69) is 33.1 Å². The van der Waals surface area contributed by atoms with Gasteiger partial charge in [0.15, 0.2) is 5.78 Å². The molecule has 1 aliphatic carbocycles. The van der Waals surface area contributed by atoms with Crippen molar-refractivity contribution >= 4 is 11.7 Å². The maximum Gasteiger partial charge on any atom is 0.252 e. The van der Waals surface area contributed by atoms with Crippen LogP contribution in [-0.2, 0) is 14.3 Å². The number of nitrogens with zero attached hydrogens (tertiary/aromatic N) is 1. The Morgan fingerprint density at radius 3 is 2.45 bits per heavy atom. The van der Waals surface area contributed by atoms with Crippen LogP contribution in [0, 0.1) is 29.6 Å². The van der Waals surface area contributed by atoms with E-state index >= 15 is 0 Å². The molecule has 2 fully saturated rings. The molecule has 252 valence electrons. The van der Waals surface area contributed by atoms with Gasteiger partial charge in [-0.25, -0.2) is 0 Å². The second-order valence-electron chi connectivity index (χ2n) is 14.3. The number of Topliss-reactive ketones (excluding diaryl/α,β-unsaturated/α-hetero) is 1. The van der Waals surface area contributed by atoms with Gasteiger partial charge in [-0.3, -0.25) is 9.59 Å². The Bertz CT molecular complexity index is 988. The van der Waals surface area contributed by atoms with Crippen molar-refractivity contribution < 1.29 is 29.6 Å². The fraction of sp³-hybridized carbons (Fsp3) is 0.784. The predicted octanol–water partition coefficient (Wildman–Crippen LogP) is 6.41. The first kappa shape index (κ1) is 38.4. The minimum absolute atomic E-state index is 0.0663. The van der Waals surface area contributed by atoms with E-state index in [0.717, 1.165) is 51.4 Å². The molecule has 7 nitrogen and oxygen atoms in total. The Hall–Kier alpha value is -1.80. The number of ketones is 1. The van der Waals surface area contributed by atoms with Gasteiger partial charge in [0.2, 0.25) is 0 Å². The number of aliphatic hydroxyl groups is 3. The van der Waals surface area contributed by atoms with Gasteiger partial charge in [0, 0.05) is 31.6 Å². The summed E-state index contributed by atoms with van der Waals surface area (Å²) in [5, 5.41) is 32.5. The van der Waals surface area contributed by atoms with Gasteiger partial charge in [0.05, 0.1) is 30.0 Å². The molecule has 3 N–H and O–H groups in total. The van der Waals surface area contributed by atoms with E-state index in [-0.39, 0.29) is 53.6 Å². The topological polar surface area (TPSA) is 107 Å². The summed E-state index contributed by atoms with van der Waals surface area (Å²) in [5.74, 6) is -0.119. The number of hydrogen-bond acceptors (Lipinski definition) is 6. The highest BCUT2D eigenvalue weighted by molar-refractivity contribution is 5.98. The Morgan fingerprint density at radius 1 is 1.16 bits per heavy atom. The zero-order valence-electron chi connectivity index (χ0n) is 28.8. The molecule has 2 rings (SSSR count). The molecule has 10 atom stereocenters. The van der Waals surface area contributed by atoms with Crippen LogP contribution < -0.4 is 0 Å². The van der Waals surface area contributed by atoms with Crippen molar-refractivity contribution in [2.24, 2.45) is 29.6 Å². The van der Waals surface area contributed by atoms with Crippen LogP contribution >= 0.6 is 0 Å². The molecule has 2 aliphatic rings. The SMILES string of the molecule is C=CCCCC(CC(=O)C1CCCCN1C(=O)C(=C)C(C)(O)C(C)CC(O)C(C)C(C)OC)/C(C)=C/C1CCC(O)C(C)C1. The summed E-state index contributed by atoms with van der Waals surface area (Å²) in [4.78, 5) is 29.5. The Labute approximate surface area is 267 Å². The molecule has 1 aliphatic heterocycles. The summed E-state index contributed by atoms with van der Waals surface area (Å²) in [6.07, 6.45) is 11.6. The van der Waals surface area contributed by atoms with Crippen LogP contribution in [0.2, 0.25) is 0 Å². The standard InChI is InChI=1S/C37H63NO6/c1-10-11-12-15-31(24(2)20-30-17-18-33(39)25(3)21-30)23-35(41)32-16-13-14-19-38(32)36(42)28(6)37(8,43)26(4)22-34(40)27(5)29(7)44-9/h10,20,25-27,29-34,39-40,43H,1,6,11-19,21-23H2,2-5,7-9H3/b24-20+. The molecule has 0 spiro atoms. The minimum Gasteiger partial charge on any atom is -0.393 e. The number of carbonyl (C=O) groups is 2. The van der Waals surface area contributed by atoms with E-state index in [4.69, 9.17) is 4.74 Å². The fourth-order valence-electron chi connectivity index (χ4n) is 6.99. The summed E-state index contributed by atoms with van der Waals surface area (Å²) >= 11 is 0. The molecule has 0 radical (unpaired) electrons. The lowest BCUT2D eigenvalue weighted by Crippen LogP contribution is -2.52. The predicted molar refractivity (Wildman–Crippen MR) is 178 cm³/mol. The number of methoxy groups -OCH3 is 1. The highest BCUT2D eigenvalue weighted by atomic mass is 16.5. The van der Waals surface area contributed by atoms with Crippen molar-refractivity contribution in [1.29, 1.82) is 0 Å². The number of unbranched alkanes of at least 4 members (excludes halogenated alkanes) is 1. The number of carbonyl (C=O) groups excluding carboxylic acids is 2. The van der Waals surface area contributed by atoms with E-state index in [1.165, 1.54) is 5.57 Å². The number of aliphatic hydroxyl groups excluding tert-OH is 2. The van der Waals surface area contributed by atoms with E-state index in [1.54, 1.807) is 18.9 Å². The Morgan fingerprint density at radius 2 is 1.84 bits per heavy atom. The van der Waals surface area contributed by atoms with Crippen LogP contribution in [-0.4, -0.2) is 75.5 Å². The summed E-state index contributed by atoms with van der Waals surface area (Å²) in [5.41, 5.74) is -0.255. The van der Waals surface area contributed by atoms with Gasteiger partial charge in [-0.1, -0.05) is 45.1 Å². The van der Waals surface area contributed by atoms with Crippen LogP contribution in [0.5, 0.6) is 0 Å². The molecule has 44 heavy (non-hydrogen) atoms. The monoisotopic (exact) mass is 617 g/mol. The third-order valence-electron chi connectivity index (χ3n) is 11.0. The van der Waals surface area contributed by atoms with E-state index in [0.29, 0.717) is 25.3 Å². The van der Waals surface area contributed by atoms with Crippen LogP contribution in [0.15, 0.2) is 36.5 Å². The van der Waals surface area contributed by atoms with Crippen LogP contribution in [0.3, 0.4) is 0 Å². The number of piperidine rings is 1. The van der Waals surface area contributed by atoms with Crippen molar-refractivity contribution in [1.82, 2.24) is 4.90 Å². The third kappa shape index (κ3) is 10.4. The van der Waals surface area contributed by atoms with Crippen molar-refractivity contribution in [3.8, 4) is 0 Å². The second-order valence-corrected chi connectivity index (χ2v) is 14.3. The molecule has 1 saturated heterocycles. The zero-order valence-corrected chi connectivity index (χ0v) is 28.8. The van der Waals surface area contributed by atoms with E-state index in [1.807, 2.05) is 26.8 Å². The van der Waals surface area contributed by atoms with Crippen LogP contribution in [0.1, 0.15) is 112 Å². The highest BCUT2D eigenvalue weighted by Gasteiger charge is 2.42. The van der Waals surface area contributed by atoms with Gasteiger partial charge in [-0.2, -0.15) is 0 Å². The van der Waals surface area contributed by atoms with Crippen molar-refractivity contribution in [3.63, 3.8) is 0 Å². The maximum atomic E-state index is 14.0. The second kappa shape index (κ2) is 17.8. The lowest BCUT2D eigenvalue weighted by molar-refractivity contribution is -0.141.